The van der Waals surface area contributed by atoms with Crippen molar-refractivity contribution in [2.45, 2.75) is 13.8 Å². The molecule has 6 nitrogen and oxygen atoms in total. The lowest BCUT2D eigenvalue weighted by Crippen LogP contribution is -2.31. The van der Waals surface area contributed by atoms with Crippen LogP contribution in [0.25, 0.3) is 11.0 Å². The molecule has 2 rings (SSSR count). The average Bonchev–Trinajstić information content (AvgIpc) is 2.65. The molecule has 0 saturated heterocycles. The second kappa shape index (κ2) is 4.21. The van der Waals surface area contributed by atoms with Gasteiger partial charge >= 0.3 is 11.7 Å². The largest absolute Gasteiger partial charge is 0.481 e. The Labute approximate surface area is 103 Å². The van der Waals surface area contributed by atoms with Crippen molar-refractivity contribution < 1.29 is 9.90 Å². The van der Waals surface area contributed by atoms with Gasteiger partial charge in [-0.2, -0.15) is 0 Å². The standard InChI is InChI=1S/C12H15N3O3/c1-12(2,10(16)17)6-13-7-3-4-8-9(5-7)15-11(18)14-8/h3-5,13H,6H2,1-2H3,(H,16,17)(H2,14,15,18). The summed E-state index contributed by atoms with van der Waals surface area (Å²) in [5.41, 5.74) is 1.09. The summed E-state index contributed by atoms with van der Waals surface area (Å²) < 4.78 is 0. The molecule has 4 N–H and O–H groups in total. The Morgan fingerprint density at radius 2 is 2.00 bits per heavy atom. The molecule has 0 aliphatic carbocycles. The number of carbonyl (C=O) groups is 1. The van der Waals surface area contributed by atoms with Crippen molar-refractivity contribution in [1.82, 2.24) is 9.97 Å². The van der Waals surface area contributed by atoms with Gasteiger partial charge in [0.2, 0.25) is 0 Å². The molecule has 0 atom stereocenters. The van der Waals surface area contributed by atoms with Crippen LogP contribution in [-0.2, 0) is 4.79 Å². The summed E-state index contributed by atoms with van der Waals surface area (Å²) in [6, 6.07) is 5.33. The molecule has 0 fully saturated rings. The molecule has 0 unspecified atom stereocenters. The first-order valence-corrected chi connectivity index (χ1v) is 5.58. The fraction of sp³-hybridized carbons (Fsp3) is 0.333. The third-order valence-corrected chi connectivity index (χ3v) is 2.83. The maximum absolute atomic E-state index is 11.1. The van der Waals surface area contributed by atoms with Crippen molar-refractivity contribution in [2.75, 3.05) is 11.9 Å². The number of nitrogens with one attached hydrogen (secondary N) is 3. The van der Waals surface area contributed by atoms with Crippen molar-refractivity contribution >= 4 is 22.7 Å². The molecule has 0 aliphatic heterocycles. The molecule has 0 amide bonds. The minimum atomic E-state index is -0.855. The quantitative estimate of drug-likeness (QED) is 0.658. The van der Waals surface area contributed by atoms with Crippen LogP contribution in [0.1, 0.15) is 13.8 Å². The van der Waals surface area contributed by atoms with E-state index in [2.05, 4.69) is 15.3 Å². The molecular weight excluding hydrogens is 234 g/mol. The number of aliphatic carboxylic acids is 1. The van der Waals surface area contributed by atoms with Crippen LogP contribution >= 0.6 is 0 Å². The zero-order valence-electron chi connectivity index (χ0n) is 10.2. The SMILES string of the molecule is CC(C)(CNc1ccc2[nH]c(=O)[nH]c2c1)C(=O)O. The summed E-state index contributed by atoms with van der Waals surface area (Å²) in [5.74, 6) is -0.855. The van der Waals surface area contributed by atoms with Crippen LogP contribution in [0, 0.1) is 5.41 Å². The molecule has 0 aliphatic rings. The third-order valence-electron chi connectivity index (χ3n) is 2.83. The average molecular weight is 249 g/mol. The molecular formula is C12H15N3O3. The number of aromatic nitrogens is 2. The van der Waals surface area contributed by atoms with Crippen LogP contribution in [0.15, 0.2) is 23.0 Å². The molecule has 1 aromatic carbocycles. The third kappa shape index (κ3) is 2.37. The van der Waals surface area contributed by atoms with Gasteiger partial charge in [-0.15, -0.1) is 0 Å². The topological polar surface area (TPSA) is 98.0 Å². The van der Waals surface area contributed by atoms with Gasteiger partial charge < -0.3 is 20.4 Å². The Bertz CT molecular complexity index is 639. The van der Waals surface area contributed by atoms with Crippen molar-refractivity contribution in [3.8, 4) is 0 Å². The van der Waals surface area contributed by atoms with Crippen LogP contribution in [-0.4, -0.2) is 27.6 Å². The van der Waals surface area contributed by atoms with Gasteiger partial charge in [0.25, 0.3) is 0 Å². The van der Waals surface area contributed by atoms with Gasteiger partial charge in [-0.25, -0.2) is 4.79 Å². The number of hydrogen-bond donors (Lipinski definition) is 4. The minimum absolute atomic E-state index is 0.256. The molecule has 2 aromatic rings. The van der Waals surface area contributed by atoms with E-state index in [0.717, 1.165) is 11.2 Å². The molecule has 0 spiro atoms. The van der Waals surface area contributed by atoms with E-state index < -0.39 is 11.4 Å². The molecule has 1 aromatic heterocycles. The zero-order chi connectivity index (χ0) is 13.3. The fourth-order valence-electron chi connectivity index (χ4n) is 1.54. The number of fused-ring (bicyclic) bond motifs is 1. The number of imidazole rings is 1. The van der Waals surface area contributed by atoms with Gasteiger partial charge in [-0.1, -0.05) is 0 Å². The molecule has 1 heterocycles. The van der Waals surface area contributed by atoms with E-state index in [4.69, 9.17) is 5.11 Å². The lowest BCUT2D eigenvalue weighted by atomic mass is 9.94. The Kier molecular flexibility index (Phi) is 2.86. The van der Waals surface area contributed by atoms with Crippen molar-refractivity contribution in [3.05, 3.63) is 28.7 Å². The second-order valence-corrected chi connectivity index (χ2v) is 4.88. The second-order valence-electron chi connectivity index (χ2n) is 4.88. The predicted molar refractivity (Wildman–Crippen MR) is 68.8 cm³/mol. The predicted octanol–water partition coefficient (Wildman–Crippen LogP) is 1.38. The van der Waals surface area contributed by atoms with Gasteiger partial charge in [0.05, 0.1) is 16.4 Å². The van der Waals surface area contributed by atoms with E-state index in [-0.39, 0.29) is 5.69 Å². The number of hydrogen-bond acceptors (Lipinski definition) is 3. The van der Waals surface area contributed by atoms with E-state index in [9.17, 15) is 9.59 Å². The molecule has 0 saturated carbocycles. The number of rotatable bonds is 4. The molecule has 18 heavy (non-hydrogen) atoms. The van der Waals surface area contributed by atoms with E-state index in [1.165, 1.54) is 0 Å². The maximum atomic E-state index is 11.1. The fourth-order valence-corrected chi connectivity index (χ4v) is 1.54. The highest BCUT2D eigenvalue weighted by Gasteiger charge is 2.26. The van der Waals surface area contributed by atoms with Crippen LogP contribution in [0.4, 0.5) is 5.69 Å². The van der Waals surface area contributed by atoms with E-state index in [1.807, 2.05) is 0 Å². The van der Waals surface area contributed by atoms with Gasteiger partial charge in [-0.05, 0) is 32.0 Å². The lowest BCUT2D eigenvalue weighted by molar-refractivity contribution is -0.146. The lowest BCUT2D eigenvalue weighted by Gasteiger charge is -2.20. The van der Waals surface area contributed by atoms with Gasteiger partial charge in [0, 0.05) is 12.2 Å². The first-order valence-electron chi connectivity index (χ1n) is 5.58. The zero-order valence-corrected chi connectivity index (χ0v) is 10.2. The summed E-state index contributed by atoms with van der Waals surface area (Å²) in [5, 5.41) is 12.1. The summed E-state index contributed by atoms with van der Waals surface area (Å²) in [6.45, 7) is 3.61. The number of aromatic amines is 2. The summed E-state index contributed by atoms with van der Waals surface area (Å²) in [4.78, 5) is 27.4. The Morgan fingerprint density at radius 1 is 1.33 bits per heavy atom. The highest BCUT2D eigenvalue weighted by molar-refractivity contribution is 5.79. The van der Waals surface area contributed by atoms with Crippen LogP contribution in [0.2, 0.25) is 0 Å². The highest BCUT2D eigenvalue weighted by atomic mass is 16.4. The first kappa shape index (κ1) is 12.2. The van der Waals surface area contributed by atoms with Gasteiger partial charge in [0.1, 0.15) is 0 Å². The van der Waals surface area contributed by atoms with Crippen LogP contribution < -0.4 is 11.0 Å². The Balaban J connectivity index is 2.17. The highest BCUT2D eigenvalue weighted by Crippen LogP contribution is 2.19. The summed E-state index contributed by atoms with van der Waals surface area (Å²) >= 11 is 0. The maximum Gasteiger partial charge on any atom is 0.323 e. The smallest absolute Gasteiger partial charge is 0.323 e. The van der Waals surface area contributed by atoms with Crippen LogP contribution in [0.5, 0.6) is 0 Å². The molecule has 0 radical (unpaired) electrons. The Morgan fingerprint density at radius 3 is 2.67 bits per heavy atom. The molecule has 6 heteroatoms. The Hall–Kier alpha value is -2.24. The van der Waals surface area contributed by atoms with Gasteiger partial charge in [-0.3, -0.25) is 4.79 Å². The molecule has 0 bridgehead atoms. The summed E-state index contributed by atoms with van der Waals surface area (Å²) in [6.07, 6.45) is 0. The monoisotopic (exact) mass is 249 g/mol. The van der Waals surface area contributed by atoms with Crippen molar-refractivity contribution in [3.63, 3.8) is 0 Å². The van der Waals surface area contributed by atoms with E-state index >= 15 is 0 Å². The van der Waals surface area contributed by atoms with Crippen LogP contribution in [0.3, 0.4) is 0 Å². The minimum Gasteiger partial charge on any atom is -0.481 e. The number of H-pyrrole nitrogens is 2. The number of anilines is 1. The first-order chi connectivity index (χ1) is 8.38. The number of benzene rings is 1. The number of carboxylic acid groups (broad SMARTS) is 1. The van der Waals surface area contributed by atoms with Crippen molar-refractivity contribution in [2.24, 2.45) is 5.41 Å². The van der Waals surface area contributed by atoms with E-state index in [0.29, 0.717) is 12.1 Å². The summed E-state index contributed by atoms with van der Waals surface area (Å²) in [7, 11) is 0. The van der Waals surface area contributed by atoms with Gasteiger partial charge in [0.15, 0.2) is 0 Å². The normalized spacial score (nSPS) is 11.7. The number of carboxylic acids is 1. The van der Waals surface area contributed by atoms with E-state index in [1.54, 1.807) is 32.0 Å². The molecule has 96 valence electrons. The van der Waals surface area contributed by atoms with Crippen molar-refractivity contribution in [1.29, 1.82) is 0 Å².